The van der Waals surface area contributed by atoms with Crippen LogP contribution in [0, 0.1) is 5.92 Å². The molecule has 0 aromatic heterocycles. The van der Waals surface area contributed by atoms with Crippen molar-refractivity contribution >= 4 is 29.7 Å². The molecule has 0 aliphatic rings. The second kappa shape index (κ2) is 9.48. The maximum absolute atomic E-state index is 11.5. The smallest absolute Gasteiger partial charge is 0.326 e. The third-order valence-electron chi connectivity index (χ3n) is 2.35. The molecule has 7 nitrogen and oxygen atoms in total. The molecule has 0 aliphatic heterocycles. The fourth-order valence-electron chi connectivity index (χ4n) is 1.36. The number of hydrogen-bond acceptors (Lipinski definition) is 4. The molecule has 2 unspecified atom stereocenters. The number of nitrogens with two attached hydrogens (primary N) is 1. The minimum absolute atomic E-state index is 0.0154. The third kappa shape index (κ3) is 9.18. The predicted molar refractivity (Wildman–Crippen MR) is 73.9 cm³/mol. The minimum Gasteiger partial charge on any atom is -0.480 e. The number of urea groups is 1. The zero-order valence-electron chi connectivity index (χ0n) is 11.1. The maximum atomic E-state index is 11.5. The Labute approximate surface area is 116 Å². The normalized spacial score (nSPS) is 13.4. The first-order valence-electron chi connectivity index (χ1n) is 5.91. The largest absolute Gasteiger partial charge is 0.480 e. The topological polar surface area (TPSA) is 122 Å². The molecule has 0 bridgehead atoms. The van der Waals surface area contributed by atoms with Gasteiger partial charge in [-0.25, -0.2) is 9.59 Å². The quantitative estimate of drug-likeness (QED) is 0.476. The highest BCUT2D eigenvalue weighted by atomic mass is 32.2. The number of primary amides is 1. The lowest BCUT2D eigenvalue weighted by Gasteiger charge is -2.16. The summed E-state index contributed by atoms with van der Waals surface area (Å²) in [4.78, 5) is 33.0. The molecule has 0 aromatic carbocycles. The van der Waals surface area contributed by atoms with Crippen LogP contribution >= 0.6 is 11.8 Å². The van der Waals surface area contributed by atoms with Crippen LogP contribution in [0.3, 0.4) is 0 Å². The van der Waals surface area contributed by atoms with E-state index in [1.165, 1.54) is 0 Å². The van der Waals surface area contributed by atoms with Gasteiger partial charge >= 0.3 is 12.0 Å². The lowest BCUT2D eigenvalue weighted by atomic mass is 10.1. The van der Waals surface area contributed by atoms with Gasteiger partial charge in [0.05, 0.1) is 0 Å². The highest BCUT2D eigenvalue weighted by Gasteiger charge is 2.20. The first kappa shape index (κ1) is 17.6. The molecule has 0 radical (unpaired) electrons. The fourth-order valence-corrected chi connectivity index (χ4v) is 2.05. The van der Waals surface area contributed by atoms with Gasteiger partial charge in [-0.1, -0.05) is 6.92 Å². The van der Waals surface area contributed by atoms with Crippen LogP contribution in [-0.2, 0) is 9.59 Å². The van der Waals surface area contributed by atoms with Crippen molar-refractivity contribution in [1.29, 1.82) is 0 Å². The Kier molecular flexibility index (Phi) is 8.77. The Balaban J connectivity index is 4.10. The van der Waals surface area contributed by atoms with Gasteiger partial charge in [0.1, 0.15) is 6.04 Å². The van der Waals surface area contributed by atoms with Crippen LogP contribution in [0.1, 0.15) is 19.8 Å². The van der Waals surface area contributed by atoms with E-state index in [0.717, 1.165) is 5.75 Å². The molecule has 0 aromatic rings. The van der Waals surface area contributed by atoms with E-state index >= 15 is 0 Å². The van der Waals surface area contributed by atoms with Crippen molar-refractivity contribution in [1.82, 2.24) is 10.6 Å². The number of nitrogens with one attached hydrogen (secondary N) is 2. The van der Waals surface area contributed by atoms with E-state index in [0.29, 0.717) is 12.5 Å². The molecule has 0 saturated heterocycles. The standard InChI is InChI=1S/C11H21N3O4S/c1-7(6-19-2)5-13-11(18)14-8(10(16)17)3-4-9(12)15/h7-8H,3-6H2,1-2H3,(H2,12,15)(H,16,17)(H2,13,14,18). The fraction of sp³-hybridized carbons (Fsp3) is 0.727. The van der Waals surface area contributed by atoms with Gasteiger partial charge in [0.15, 0.2) is 0 Å². The van der Waals surface area contributed by atoms with Crippen LogP contribution in [0.5, 0.6) is 0 Å². The lowest BCUT2D eigenvalue weighted by molar-refractivity contribution is -0.139. The highest BCUT2D eigenvalue weighted by molar-refractivity contribution is 7.98. The number of carboxylic acid groups (broad SMARTS) is 1. The summed E-state index contributed by atoms with van der Waals surface area (Å²) >= 11 is 1.67. The summed E-state index contributed by atoms with van der Waals surface area (Å²) in [6.45, 7) is 2.45. The summed E-state index contributed by atoms with van der Waals surface area (Å²) in [6, 6.07) is -1.66. The minimum atomic E-state index is -1.19. The van der Waals surface area contributed by atoms with E-state index in [1.54, 1.807) is 11.8 Å². The molecule has 0 spiro atoms. The molecule has 0 rings (SSSR count). The summed E-state index contributed by atoms with van der Waals surface area (Å²) < 4.78 is 0. The van der Waals surface area contributed by atoms with Gasteiger partial charge in [0, 0.05) is 13.0 Å². The summed E-state index contributed by atoms with van der Waals surface area (Å²) in [5.41, 5.74) is 4.94. The molecule has 2 atom stereocenters. The van der Waals surface area contributed by atoms with E-state index in [-0.39, 0.29) is 12.8 Å². The summed E-state index contributed by atoms with van der Waals surface area (Å²) in [5, 5.41) is 13.8. The summed E-state index contributed by atoms with van der Waals surface area (Å²) in [5.74, 6) is -0.574. The number of aliphatic carboxylic acids is 1. The average Bonchev–Trinajstić information content (AvgIpc) is 2.31. The Morgan fingerprint density at radius 2 is 2.00 bits per heavy atom. The van der Waals surface area contributed by atoms with Crippen molar-refractivity contribution in [2.75, 3.05) is 18.6 Å². The Bertz CT molecular complexity index is 325. The van der Waals surface area contributed by atoms with Crippen LogP contribution in [0.4, 0.5) is 4.79 Å². The second-order valence-electron chi connectivity index (χ2n) is 4.31. The van der Waals surface area contributed by atoms with Gasteiger partial charge in [-0.2, -0.15) is 11.8 Å². The van der Waals surface area contributed by atoms with E-state index in [2.05, 4.69) is 10.6 Å². The van der Waals surface area contributed by atoms with E-state index in [9.17, 15) is 14.4 Å². The van der Waals surface area contributed by atoms with Crippen LogP contribution in [0.15, 0.2) is 0 Å². The van der Waals surface area contributed by atoms with Crippen LogP contribution < -0.4 is 16.4 Å². The van der Waals surface area contributed by atoms with Crippen LogP contribution in [0.25, 0.3) is 0 Å². The maximum Gasteiger partial charge on any atom is 0.326 e. The van der Waals surface area contributed by atoms with Crippen molar-refractivity contribution in [2.24, 2.45) is 11.7 Å². The highest BCUT2D eigenvalue weighted by Crippen LogP contribution is 2.02. The predicted octanol–water partition coefficient (Wildman–Crippen LogP) is 0.00340. The molecule has 0 fully saturated rings. The summed E-state index contributed by atoms with van der Waals surface area (Å²) in [6.07, 6.45) is 1.87. The van der Waals surface area contributed by atoms with Crippen molar-refractivity contribution in [3.63, 3.8) is 0 Å². The Hall–Kier alpha value is -1.44. The van der Waals surface area contributed by atoms with E-state index in [1.807, 2.05) is 13.2 Å². The molecule has 8 heteroatoms. The first-order valence-corrected chi connectivity index (χ1v) is 7.30. The van der Waals surface area contributed by atoms with E-state index < -0.39 is 23.9 Å². The molecule has 0 heterocycles. The van der Waals surface area contributed by atoms with Gasteiger partial charge < -0.3 is 21.5 Å². The van der Waals surface area contributed by atoms with Crippen molar-refractivity contribution in [3.05, 3.63) is 0 Å². The first-order chi connectivity index (χ1) is 8.86. The zero-order chi connectivity index (χ0) is 14.8. The van der Waals surface area contributed by atoms with Crippen LogP contribution in [-0.4, -0.2) is 47.6 Å². The van der Waals surface area contributed by atoms with Crippen molar-refractivity contribution in [2.45, 2.75) is 25.8 Å². The molecular formula is C11H21N3O4S. The second-order valence-corrected chi connectivity index (χ2v) is 5.22. The molecule has 19 heavy (non-hydrogen) atoms. The number of thioether (sulfide) groups is 1. The Morgan fingerprint density at radius 1 is 1.37 bits per heavy atom. The number of hydrogen-bond donors (Lipinski definition) is 4. The molecule has 110 valence electrons. The van der Waals surface area contributed by atoms with E-state index in [4.69, 9.17) is 10.8 Å². The van der Waals surface area contributed by atoms with Crippen LogP contribution in [0.2, 0.25) is 0 Å². The lowest BCUT2D eigenvalue weighted by Crippen LogP contribution is -2.47. The third-order valence-corrected chi connectivity index (χ3v) is 3.25. The number of carboxylic acids is 1. The summed E-state index contributed by atoms with van der Waals surface area (Å²) in [7, 11) is 0. The zero-order valence-corrected chi connectivity index (χ0v) is 12.0. The monoisotopic (exact) mass is 291 g/mol. The van der Waals surface area contributed by atoms with Crippen molar-refractivity contribution in [3.8, 4) is 0 Å². The molecular weight excluding hydrogens is 270 g/mol. The van der Waals surface area contributed by atoms with Gasteiger partial charge in [-0.05, 0) is 24.3 Å². The van der Waals surface area contributed by atoms with Gasteiger partial charge in [-0.15, -0.1) is 0 Å². The molecule has 5 N–H and O–H groups in total. The molecule has 3 amide bonds. The van der Waals surface area contributed by atoms with Crippen molar-refractivity contribution < 1.29 is 19.5 Å². The SMILES string of the molecule is CSCC(C)CNC(=O)NC(CCC(N)=O)C(=O)O. The molecule has 0 saturated carbocycles. The van der Waals surface area contributed by atoms with Gasteiger partial charge in [0.25, 0.3) is 0 Å². The number of rotatable bonds is 9. The average molecular weight is 291 g/mol. The number of amides is 3. The number of carbonyl (C=O) groups is 3. The Morgan fingerprint density at radius 3 is 2.47 bits per heavy atom. The van der Waals surface area contributed by atoms with Gasteiger partial charge in [0.2, 0.25) is 5.91 Å². The molecule has 0 aliphatic carbocycles. The van der Waals surface area contributed by atoms with Gasteiger partial charge in [-0.3, -0.25) is 4.79 Å². The number of carbonyl (C=O) groups excluding carboxylic acids is 2.